The molecular weight excluding hydrogens is 829 g/mol. The van der Waals surface area contributed by atoms with Gasteiger partial charge in [0.25, 0.3) is 0 Å². The third kappa shape index (κ3) is 12.7. The van der Waals surface area contributed by atoms with Crippen LogP contribution in [0.25, 0.3) is 0 Å². The van der Waals surface area contributed by atoms with Gasteiger partial charge in [0, 0.05) is 60.8 Å². The molecule has 0 aliphatic carbocycles. The van der Waals surface area contributed by atoms with Crippen LogP contribution in [-0.2, 0) is 50.9 Å². The molecule has 374 valence electrons. The fraction of sp³-hybridized carbons (Fsp3) is 0.786. The maximum atomic E-state index is 6.88. The van der Waals surface area contributed by atoms with Gasteiger partial charge in [0.05, 0.1) is 63.9 Å². The van der Waals surface area contributed by atoms with Gasteiger partial charge in [0.2, 0.25) is 0 Å². The van der Waals surface area contributed by atoms with E-state index < -0.39 is 11.6 Å². The average molecular weight is 921 g/mol. The summed E-state index contributed by atoms with van der Waals surface area (Å²) in [4.78, 5) is 13.4. The molecule has 10 nitrogen and oxygen atoms in total. The van der Waals surface area contributed by atoms with Crippen LogP contribution in [-0.4, -0.2) is 110 Å². The van der Waals surface area contributed by atoms with Crippen LogP contribution < -0.4 is 0 Å². The molecule has 66 heavy (non-hydrogen) atoms. The monoisotopic (exact) mass is 921 g/mol. The lowest BCUT2D eigenvalue weighted by Gasteiger charge is -2.61. The molecule has 10 heteroatoms. The first-order valence-electron chi connectivity index (χ1n) is 26.3. The van der Waals surface area contributed by atoms with E-state index in [1.54, 1.807) is 0 Å². The van der Waals surface area contributed by atoms with Gasteiger partial charge in [-0.05, 0) is 103 Å². The fourth-order valence-electron chi connectivity index (χ4n) is 11.8. The molecule has 0 radical (unpaired) electrons. The average Bonchev–Trinajstić information content (AvgIpc) is 3.32. The van der Waals surface area contributed by atoms with E-state index in [2.05, 4.69) is 140 Å². The van der Waals surface area contributed by atoms with Crippen molar-refractivity contribution in [2.45, 2.75) is 206 Å². The van der Waals surface area contributed by atoms with E-state index >= 15 is 0 Å². The van der Waals surface area contributed by atoms with Gasteiger partial charge in [-0.15, -0.1) is 0 Å². The number of hydrogen-bond acceptors (Lipinski definition) is 10. The number of nitrogens with zero attached hydrogens (tertiary/aromatic N) is 2. The van der Waals surface area contributed by atoms with Gasteiger partial charge in [0.15, 0.2) is 11.6 Å². The van der Waals surface area contributed by atoms with Crippen LogP contribution in [0.1, 0.15) is 170 Å². The summed E-state index contributed by atoms with van der Waals surface area (Å²) in [5.74, 6) is -1.23. The SMILES string of the molecule is CCC1(COCCCCCCOCC2(CC)COC3(CC(C)(C)N(OCCc4ccccc4)C(CC)(CC)C3)OC2)COC2(CC(C)(C)N(OCCc3ccccc3)C(CC)(CC)C2)OC1. The van der Waals surface area contributed by atoms with Gasteiger partial charge in [-0.2, -0.15) is 10.1 Å². The summed E-state index contributed by atoms with van der Waals surface area (Å²) in [7, 11) is 0. The molecule has 4 fully saturated rings. The smallest absolute Gasteiger partial charge is 0.172 e. The van der Waals surface area contributed by atoms with Crippen molar-refractivity contribution in [2.75, 3.05) is 66.1 Å². The van der Waals surface area contributed by atoms with E-state index in [0.717, 1.165) is 116 Å². The molecule has 4 aliphatic rings. The fourth-order valence-corrected chi connectivity index (χ4v) is 11.8. The van der Waals surface area contributed by atoms with Crippen LogP contribution in [0.15, 0.2) is 60.7 Å². The number of hydrogen-bond donors (Lipinski definition) is 0. The highest BCUT2D eigenvalue weighted by atomic mass is 16.7. The maximum absolute atomic E-state index is 6.88. The molecule has 4 heterocycles. The highest BCUT2D eigenvalue weighted by molar-refractivity contribution is 5.16. The number of ether oxygens (including phenoxy) is 6. The summed E-state index contributed by atoms with van der Waals surface area (Å²) >= 11 is 0. The van der Waals surface area contributed by atoms with Crippen molar-refractivity contribution in [1.82, 2.24) is 10.1 Å². The van der Waals surface area contributed by atoms with Crippen molar-refractivity contribution in [2.24, 2.45) is 10.8 Å². The Balaban J connectivity index is 0.876. The minimum Gasteiger partial charge on any atom is -0.381 e. The molecule has 0 saturated carbocycles. The maximum Gasteiger partial charge on any atom is 0.172 e. The number of unbranched alkanes of at least 4 members (excludes halogenated alkanes) is 3. The Morgan fingerprint density at radius 1 is 0.439 bits per heavy atom. The van der Waals surface area contributed by atoms with Crippen LogP contribution >= 0.6 is 0 Å². The van der Waals surface area contributed by atoms with Gasteiger partial charge < -0.3 is 28.4 Å². The minimum atomic E-state index is -0.615. The summed E-state index contributed by atoms with van der Waals surface area (Å²) in [5, 5.41) is 4.62. The largest absolute Gasteiger partial charge is 0.381 e. The molecule has 0 N–H and O–H groups in total. The minimum absolute atomic E-state index is 0.130. The van der Waals surface area contributed by atoms with Crippen molar-refractivity contribution in [3.63, 3.8) is 0 Å². The van der Waals surface area contributed by atoms with Crippen molar-refractivity contribution in [3.8, 4) is 0 Å². The van der Waals surface area contributed by atoms with Crippen molar-refractivity contribution < 1.29 is 38.1 Å². The van der Waals surface area contributed by atoms with Crippen LogP contribution in [0.3, 0.4) is 0 Å². The molecule has 2 aromatic rings. The molecule has 0 unspecified atom stereocenters. The topological polar surface area (TPSA) is 80.3 Å². The molecule has 6 rings (SSSR count). The molecule has 4 aliphatic heterocycles. The molecule has 0 amide bonds. The third-order valence-corrected chi connectivity index (χ3v) is 16.3. The first-order valence-corrected chi connectivity index (χ1v) is 26.3. The van der Waals surface area contributed by atoms with Crippen molar-refractivity contribution >= 4 is 0 Å². The van der Waals surface area contributed by atoms with Gasteiger partial charge in [-0.1, -0.05) is 115 Å². The molecule has 0 atom stereocenters. The van der Waals surface area contributed by atoms with Gasteiger partial charge >= 0.3 is 0 Å². The number of benzene rings is 2. The summed E-state index contributed by atoms with van der Waals surface area (Å²) in [6.07, 6.45) is 15.0. The molecular formula is C56H92N2O8. The van der Waals surface area contributed by atoms with E-state index in [4.69, 9.17) is 38.1 Å². The zero-order chi connectivity index (χ0) is 47.4. The van der Waals surface area contributed by atoms with E-state index in [-0.39, 0.29) is 33.0 Å². The second kappa shape index (κ2) is 23.3. The first-order chi connectivity index (χ1) is 31.6. The highest BCUT2D eigenvalue weighted by Crippen LogP contribution is 2.53. The molecule has 2 spiro atoms. The van der Waals surface area contributed by atoms with Crippen LogP contribution in [0.2, 0.25) is 0 Å². The lowest BCUT2D eigenvalue weighted by molar-refractivity contribution is -0.389. The molecule has 4 saturated heterocycles. The third-order valence-electron chi connectivity index (χ3n) is 16.3. The normalized spacial score (nSPS) is 26.8. The number of rotatable bonds is 25. The first kappa shape index (κ1) is 53.4. The molecule has 0 aromatic heterocycles. The van der Waals surface area contributed by atoms with Crippen LogP contribution in [0.4, 0.5) is 0 Å². The van der Waals surface area contributed by atoms with Crippen LogP contribution in [0.5, 0.6) is 0 Å². The zero-order valence-electron chi connectivity index (χ0n) is 43.3. The summed E-state index contributed by atoms with van der Waals surface area (Å²) in [6.45, 7) is 29.5. The Hall–Kier alpha value is -1.96. The summed E-state index contributed by atoms with van der Waals surface area (Å²) < 4.78 is 40.3. The van der Waals surface area contributed by atoms with Crippen LogP contribution in [0, 0.1) is 10.8 Å². The van der Waals surface area contributed by atoms with E-state index in [9.17, 15) is 0 Å². The predicted molar refractivity (Wildman–Crippen MR) is 264 cm³/mol. The van der Waals surface area contributed by atoms with Gasteiger partial charge in [-0.25, -0.2) is 0 Å². The Morgan fingerprint density at radius 3 is 1.11 bits per heavy atom. The van der Waals surface area contributed by atoms with E-state index in [0.29, 0.717) is 52.9 Å². The Labute approximate surface area is 401 Å². The Morgan fingerprint density at radius 2 is 0.788 bits per heavy atom. The zero-order valence-corrected chi connectivity index (χ0v) is 43.3. The van der Waals surface area contributed by atoms with E-state index in [1.807, 2.05) is 0 Å². The quantitative estimate of drug-likeness (QED) is 0.0898. The van der Waals surface area contributed by atoms with Crippen molar-refractivity contribution in [3.05, 3.63) is 71.8 Å². The second-order valence-electron chi connectivity index (χ2n) is 22.1. The Kier molecular flexibility index (Phi) is 18.9. The number of hydroxylamine groups is 4. The Bertz CT molecular complexity index is 1570. The van der Waals surface area contributed by atoms with Gasteiger partial charge in [0.1, 0.15) is 0 Å². The standard InChI is InChI=1S/C56H92N2O8/c1-11-51(43-61-55(62-44-51)37-49(7,8)57(53(13-3,14-4)39-55)65-35-31-47-27-21-19-22-28-47)41-59-33-25-17-18-26-34-60-42-52(12-2)45-63-56(64-46-52)38-50(9,10)58(54(15-5,16-6)40-56)66-36-32-48-29-23-20-24-30-48/h19-24,27-30H,11-18,25-26,31-46H2,1-10H3. The van der Waals surface area contributed by atoms with Crippen molar-refractivity contribution in [1.29, 1.82) is 0 Å². The lowest BCUT2D eigenvalue weighted by Crippen LogP contribution is -2.69. The second-order valence-corrected chi connectivity index (χ2v) is 22.1. The van der Waals surface area contributed by atoms with E-state index in [1.165, 1.54) is 11.1 Å². The lowest BCUT2D eigenvalue weighted by atomic mass is 9.72. The number of piperidine rings is 2. The van der Waals surface area contributed by atoms with Gasteiger partial charge in [-0.3, -0.25) is 9.68 Å². The molecule has 0 bridgehead atoms. The summed E-state index contributed by atoms with van der Waals surface area (Å²) in [6, 6.07) is 21.2. The summed E-state index contributed by atoms with van der Waals surface area (Å²) in [5.41, 5.74) is 1.50. The highest BCUT2D eigenvalue weighted by Gasteiger charge is 2.61. The molecule has 2 aromatic carbocycles. The predicted octanol–water partition coefficient (Wildman–Crippen LogP) is 12.1.